The molecule has 2 heterocycles. The van der Waals surface area contributed by atoms with Crippen molar-refractivity contribution in [2.75, 3.05) is 39.3 Å². The zero-order valence-electron chi connectivity index (χ0n) is 18.9. The van der Waals surface area contributed by atoms with Crippen molar-refractivity contribution in [3.8, 4) is 0 Å². The smallest absolute Gasteiger partial charge is 0.253 e. The van der Waals surface area contributed by atoms with Crippen LogP contribution in [0.1, 0.15) is 47.2 Å². The number of aryl methyl sites for hydroxylation is 1. The average Bonchev–Trinajstić information content (AvgIpc) is 3.09. The molecule has 1 amide bonds. The van der Waals surface area contributed by atoms with Gasteiger partial charge in [0.1, 0.15) is 0 Å². The van der Waals surface area contributed by atoms with E-state index in [9.17, 15) is 13.2 Å². The van der Waals surface area contributed by atoms with Crippen LogP contribution in [0.4, 0.5) is 0 Å². The lowest BCUT2D eigenvalue weighted by Crippen LogP contribution is -2.48. The van der Waals surface area contributed by atoms with Crippen molar-refractivity contribution in [1.82, 2.24) is 14.1 Å². The first kappa shape index (κ1) is 23.0. The molecule has 0 unspecified atom stereocenters. The maximum absolute atomic E-state index is 12.9. The summed E-state index contributed by atoms with van der Waals surface area (Å²) in [7, 11) is -3.44. The molecular formula is C25H33N3O3S. The average molecular weight is 456 g/mol. The van der Waals surface area contributed by atoms with Crippen molar-refractivity contribution in [3.05, 3.63) is 65.2 Å². The molecule has 2 saturated heterocycles. The summed E-state index contributed by atoms with van der Waals surface area (Å²) in [5.74, 6) is 0.133. The highest BCUT2D eigenvalue weighted by atomic mass is 32.2. The van der Waals surface area contributed by atoms with Crippen LogP contribution in [-0.4, -0.2) is 67.7 Å². The third kappa shape index (κ3) is 5.39. The molecule has 0 spiro atoms. The van der Waals surface area contributed by atoms with Gasteiger partial charge in [-0.25, -0.2) is 8.42 Å². The number of rotatable bonds is 5. The first-order valence-corrected chi connectivity index (χ1v) is 13.0. The van der Waals surface area contributed by atoms with E-state index in [2.05, 4.69) is 4.90 Å². The van der Waals surface area contributed by atoms with Gasteiger partial charge in [0.15, 0.2) is 0 Å². The Balaban J connectivity index is 1.31. The minimum Gasteiger partial charge on any atom is -0.339 e. The van der Waals surface area contributed by atoms with Crippen molar-refractivity contribution in [3.63, 3.8) is 0 Å². The molecular weight excluding hydrogens is 422 g/mol. The molecule has 0 atom stereocenters. The fourth-order valence-corrected chi connectivity index (χ4v) is 5.88. The fraction of sp³-hybridized carbons (Fsp3) is 0.480. The zero-order chi connectivity index (χ0) is 22.6. The van der Waals surface area contributed by atoms with Gasteiger partial charge >= 0.3 is 0 Å². The van der Waals surface area contributed by atoms with Crippen molar-refractivity contribution in [1.29, 1.82) is 0 Å². The van der Waals surface area contributed by atoms with E-state index in [-0.39, 0.29) is 5.91 Å². The van der Waals surface area contributed by atoms with E-state index in [1.807, 2.05) is 48.2 Å². The van der Waals surface area contributed by atoms with E-state index in [1.165, 1.54) is 12.8 Å². The highest BCUT2D eigenvalue weighted by Gasteiger charge is 2.28. The summed E-state index contributed by atoms with van der Waals surface area (Å²) >= 11 is 0. The molecule has 2 aliphatic heterocycles. The predicted molar refractivity (Wildman–Crippen MR) is 126 cm³/mol. The van der Waals surface area contributed by atoms with Crippen LogP contribution in [0.3, 0.4) is 0 Å². The molecule has 6 nitrogen and oxygen atoms in total. The lowest BCUT2D eigenvalue weighted by Gasteiger charge is -2.34. The molecule has 172 valence electrons. The number of piperazine rings is 1. The minimum absolute atomic E-state index is 0.133. The predicted octanol–water partition coefficient (Wildman–Crippen LogP) is 3.52. The molecule has 0 aliphatic carbocycles. The van der Waals surface area contributed by atoms with E-state index in [1.54, 1.807) is 16.4 Å². The molecule has 0 bridgehead atoms. The lowest BCUT2D eigenvalue weighted by atomic mass is 10.1. The maximum atomic E-state index is 12.9. The monoisotopic (exact) mass is 455 g/mol. The Morgan fingerprint density at radius 1 is 0.781 bits per heavy atom. The number of carbonyl (C=O) groups excluding carboxylic acids is 1. The van der Waals surface area contributed by atoms with E-state index < -0.39 is 10.0 Å². The Hall–Kier alpha value is -2.22. The number of sulfonamides is 1. The molecule has 0 radical (unpaired) electrons. The van der Waals surface area contributed by atoms with Gasteiger partial charge in [0.25, 0.3) is 5.91 Å². The molecule has 0 N–H and O–H groups in total. The Labute approximate surface area is 191 Å². The van der Waals surface area contributed by atoms with Gasteiger partial charge in [-0.1, -0.05) is 42.7 Å². The van der Waals surface area contributed by atoms with Gasteiger partial charge in [-0.3, -0.25) is 9.69 Å². The number of carbonyl (C=O) groups is 1. The van der Waals surface area contributed by atoms with Gasteiger partial charge in [-0.05, 0) is 49.6 Å². The molecule has 2 aliphatic rings. The zero-order valence-corrected chi connectivity index (χ0v) is 19.7. The van der Waals surface area contributed by atoms with E-state index in [0.717, 1.165) is 49.2 Å². The van der Waals surface area contributed by atoms with Crippen LogP contribution >= 0.6 is 0 Å². The van der Waals surface area contributed by atoms with Crippen LogP contribution in [0.2, 0.25) is 0 Å². The van der Waals surface area contributed by atoms with Crippen molar-refractivity contribution < 1.29 is 13.2 Å². The van der Waals surface area contributed by atoms with Crippen LogP contribution in [-0.2, 0) is 16.6 Å². The van der Waals surface area contributed by atoms with Gasteiger partial charge in [0.2, 0.25) is 10.0 Å². The van der Waals surface area contributed by atoms with Crippen molar-refractivity contribution in [2.24, 2.45) is 0 Å². The van der Waals surface area contributed by atoms with Gasteiger partial charge in [-0.2, -0.15) is 4.31 Å². The van der Waals surface area contributed by atoms with E-state index >= 15 is 0 Å². The number of hydrogen-bond donors (Lipinski definition) is 0. The summed E-state index contributed by atoms with van der Waals surface area (Å²) in [6.45, 7) is 6.79. The standard InChI is InChI=1S/C25H33N3O3S/c1-21-6-12-24(13-7-21)32(30,31)28-18-16-26(17-19-28)20-22-8-10-23(11-9-22)25(29)27-14-4-2-3-5-15-27/h6-13H,2-5,14-20H2,1H3. The molecule has 0 saturated carbocycles. The third-order valence-corrected chi connectivity index (χ3v) is 8.40. The maximum Gasteiger partial charge on any atom is 0.253 e. The number of hydrogen-bond acceptors (Lipinski definition) is 4. The molecule has 2 aromatic rings. The molecule has 4 rings (SSSR count). The topological polar surface area (TPSA) is 60.9 Å². The summed E-state index contributed by atoms with van der Waals surface area (Å²) < 4.78 is 27.4. The van der Waals surface area contributed by atoms with Gasteiger partial charge in [0.05, 0.1) is 4.90 Å². The van der Waals surface area contributed by atoms with Gasteiger partial charge in [-0.15, -0.1) is 0 Å². The summed E-state index contributed by atoms with van der Waals surface area (Å²) in [4.78, 5) is 17.4. The normalized spacial score (nSPS) is 19.0. The van der Waals surface area contributed by atoms with Crippen LogP contribution < -0.4 is 0 Å². The van der Waals surface area contributed by atoms with Crippen LogP contribution in [0.25, 0.3) is 0 Å². The fourth-order valence-electron chi connectivity index (χ4n) is 4.45. The Morgan fingerprint density at radius 2 is 1.38 bits per heavy atom. The number of likely N-dealkylation sites (tertiary alicyclic amines) is 1. The Bertz CT molecular complexity index is 1000. The number of nitrogens with zero attached hydrogens (tertiary/aromatic N) is 3. The SMILES string of the molecule is Cc1ccc(S(=O)(=O)N2CCN(Cc3ccc(C(=O)N4CCCCCC4)cc3)CC2)cc1. The quantitative estimate of drug-likeness (QED) is 0.692. The molecule has 0 aromatic heterocycles. The van der Waals surface area contributed by atoms with Gasteiger partial charge in [0, 0.05) is 51.4 Å². The minimum atomic E-state index is -3.44. The van der Waals surface area contributed by atoms with Crippen molar-refractivity contribution >= 4 is 15.9 Å². The first-order valence-electron chi connectivity index (χ1n) is 11.6. The largest absolute Gasteiger partial charge is 0.339 e. The number of amides is 1. The van der Waals surface area contributed by atoms with Gasteiger partial charge < -0.3 is 4.90 Å². The van der Waals surface area contributed by atoms with Crippen LogP contribution in [0, 0.1) is 6.92 Å². The lowest BCUT2D eigenvalue weighted by molar-refractivity contribution is 0.0761. The number of benzene rings is 2. The van der Waals surface area contributed by atoms with E-state index in [0.29, 0.717) is 31.1 Å². The summed E-state index contributed by atoms with van der Waals surface area (Å²) in [5, 5.41) is 0. The third-order valence-electron chi connectivity index (χ3n) is 6.49. The second-order valence-electron chi connectivity index (χ2n) is 8.90. The first-order chi connectivity index (χ1) is 15.4. The van der Waals surface area contributed by atoms with E-state index in [4.69, 9.17) is 0 Å². The molecule has 7 heteroatoms. The molecule has 2 aromatic carbocycles. The Kier molecular flexibility index (Phi) is 7.28. The van der Waals surface area contributed by atoms with Crippen LogP contribution in [0.15, 0.2) is 53.4 Å². The summed E-state index contributed by atoms with van der Waals surface area (Å²) in [5.41, 5.74) is 2.95. The van der Waals surface area contributed by atoms with Crippen molar-refractivity contribution in [2.45, 2.75) is 44.0 Å². The van der Waals surface area contributed by atoms with Crippen LogP contribution in [0.5, 0.6) is 0 Å². The summed E-state index contributed by atoms with van der Waals surface area (Å²) in [6.07, 6.45) is 4.61. The highest BCUT2D eigenvalue weighted by Crippen LogP contribution is 2.20. The highest BCUT2D eigenvalue weighted by molar-refractivity contribution is 7.89. The summed E-state index contributed by atoms with van der Waals surface area (Å²) in [6, 6.07) is 15.0. The molecule has 32 heavy (non-hydrogen) atoms. The molecule has 2 fully saturated rings. The Morgan fingerprint density at radius 3 is 1.97 bits per heavy atom. The second-order valence-corrected chi connectivity index (χ2v) is 10.8. The second kappa shape index (κ2) is 10.1.